The van der Waals surface area contributed by atoms with Crippen LogP contribution in [0.1, 0.15) is 26.2 Å². The number of hydrogen-bond acceptors (Lipinski definition) is 2. The number of allylic oxidation sites excluding steroid dienone is 1. The molecule has 3 heteroatoms. The van der Waals surface area contributed by atoms with Crippen molar-refractivity contribution in [2.24, 2.45) is 0 Å². The molecular weight excluding hydrogens is 272 g/mol. The smallest absolute Gasteiger partial charge is 0.220 e. The van der Waals surface area contributed by atoms with E-state index in [-0.39, 0.29) is 5.91 Å². The molecule has 1 rings (SSSR count). The lowest BCUT2D eigenvalue weighted by Gasteiger charge is -2.21. The Kier molecular flexibility index (Phi) is 8.91. The fourth-order valence-corrected chi connectivity index (χ4v) is 1.58. The normalized spacial score (nSPS) is 11.8. The van der Waals surface area contributed by atoms with Crippen molar-refractivity contribution in [2.75, 3.05) is 13.1 Å². The molecule has 3 nitrogen and oxygen atoms in total. The van der Waals surface area contributed by atoms with Gasteiger partial charge in [-0.2, -0.15) is 0 Å². The molecule has 0 radical (unpaired) electrons. The average molecular weight is 288 g/mol. The van der Waals surface area contributed by atoms with Crippen LogP contribution in [0.25, 0.3) is 0 Å². The highest BCUT2D eigenvalue weighted by Gasteiger charge is 2.04. The van der Waals surface area contributed by atoms with Crippen LogP contribution in [0.2, 0.25) is 0 Å². The molecule has 1 amide bonds. The van der Waals surface area contributed by atoms with E-state index in [0.717, 1.165) is 13.1 Å². The highest BCUT2D eigenvalue weighted by molar-refractivity contribution is 5.73. The molecule has 108 valence electrons. The minimum Gasteiger partial charge on any atom is -0.332 e. The van der Waals surface area contributed by atoms with Crippen molar-refractivity contribution in [1.29, 1.82) is 0 Å². The van der Waals surface area contributed by atoms with Gasteiger partial charge in [-0.25, -0.2) is 0 Å². The van der Waals surface area contributed by atoms with Crippen LogP contribution in [-0.4, -0.2) is 23.9 Å². The van der Waals surface area contributed by atoms with Gasteiger partial charge in [0.15, 0.2) is 0 Å². The maximum absolute atomic E-state index is 10.5. The summed E-state index contributed by atoms with van der Waals surface area (Å²) in [6.07, 6.45) is 6.66. The molecular formula is C19H16N2O. The molecule has 1 fully saturated rings. The third-order valence-electron chi connectivity index (χ3n) is 2.53. The fraction of sp³-hybridized carbons (Fsp3) is 0.316. The van der Waals surface area contributed by atoms with Gasteiger partial charge in [-0.3, -0.25) is 4.79 Å². The molecule has 0 aromatic carbocycles. The van der Waals surface area contributed by atoms with Crippen molar-refractivity contribution in [3.8, 4) is 59.3 Å². The first kappa shape index (κ1) is 16.9. The number of carbonyl (C=O) groups excluding carboxylic acids is 1. The molecule has 0 aromatic rings. The second-order valence-corrected chi connectivity index (χ2v) is 4.34. The highest BCUT2D eigenvalue weighted by Crippen LogP contribution is 2.06. The van der Waals surface area contributed by atoms with E-state index in [2.05, 4.69) is 69.5 Å². The SMILES string of the molecule is CC(=O)NC=CC#CC#CC#CC#CC#CN1CCCCC1. The summed E-state index contributed by atoms with van der Waals surface area (Å²) < 4.78 is 0. The van der Waals surface area contributed by atoms with E-state index < -0.39 is 0 Å². The van der Waals surface area contributed by atoms with Crippen molar-refractivity contribution in [3.05, 3.63) is 12.3 Å². The van der Waals surface area contributed by atoms with E-state index in [4.69, 9.17) is 0 Å². The number of rotatable bonds is 1. The number of carbonyl (C=O) groups is 1. The third kappa shape index (κ3) is 9.70. The Morgan fingerprint density at radius 1 is 0.909 bits per heavy atom. The minimum atomic E-state index is -0.142. The van der Waals surface area contributed by atoms with Crippen LogP contribution in [0.15, 0.2) is 12.3 Å². The van der Waals surface area contributed by atoms with Crippen molar-refractivity contribution < 1.29 is 4.79 Å². The maximum Gasteiger partial charge on any atom is 0.220 e. The van der Waals surface area contributed by atoms with Crippen molar-refractivity contribution >= 4 is 5.91 Å². The van der Waals surface area contributed by atoms with Gasteiger partial charge < -0.3 is 10.2 Å². The first-order valence-corrected chi connectivity index (χ1v) is 6.97. The van der Waals surface area contributed by atoms with E-state index in [0.29, 0.717) is 0 Å². The summed E-state index contributed by atoms with van der Waals surface area (Å²) in [5.41, 5.74) is 0. The number of nitrogens with zero attached hydrogens (tertiary/aromatic N) is 1. The molecule has 1 aliphatic rings. The summed E-state index contributed by atoms with van der Waals surface area (Å²) in [5, 5.41) is 2.47. The molecule has 0 unspecified atom stereocenters. The zero-order valence-corrected chi connectivity index (χ0v) is 12.5. The Hall–Kier alpha value is -3.19. The van der Waals surface area contributed by atoms with Crippen LogP contribution in [0, 0.1) is 59.3 Å². The molecule has 1 N–H and O–H groups in total. The summed E-state index contributed by atoms with van der Waals surface area (Å²) in [4.78, 5) is 12.6. The van der Waals surface area contributed by atoms with Gasteiger partial charge in [-0.15, -0.1) is 0 Å². The van der Waals surface area contributed by atoms with E-state index in [1.807, 2.05) is 0 Å². The Balaban J connectivity index is 2.31. The van der Waals surface area contributed by atoms with Crippen LogP contribution in [0.5, 0.6) is 0 Å². The number of hydrogen-bond donors (Lipinski definition) is 1. The molecule has 0 atom stereocenters. The lowest BCUT2D eigenvalue weighted by Crippen LogP contribution is -2.24. The van der Waals surface area contributed by atoms with Crippen molar-refractivity contribution in [1.82, 2.24) is 10.2 Å². The summed E-state index contributed by atoms with van der Waals surface area (Å²) in [7, 11) is 0. The van der Waals surface area contributed by atoms with Gasteiger partial charge in [-0.1, -0.05) is 5.92 Å². The minimum absolute atomic E-state index is 0.142. The van der Waals surface area contributed by atoms with Gasteiger partial charge in [0.2, 0.25) is 5.91 Å². The molecule has 0 spiro atoms. The Morgan fingerprint density at radius 3 is 2.14 bits per heavy atom. The van der Waals surface area contributed by atoms with E-state index >= 15 is 0 Å². The van der Waals surface area contributed by atoms with Crippen LogP contribution < -0.4 is 5.32 Å². The summed E-state index contributed by atoms with van der Waals surface area (Å²) in [6.45, 7) is 3.48. The molecule has 0 bridgehead atoms. The van der Waals surface area contributed by atoms with Gasteiger partial charge in [0.05, 0.1) is 0 Å². The Labute approximate surface area is 132 Å². The zero-order valence-electron chi connectivity index (χ0n) is 12.5. The van der Waals surface area contributed by atoms with Crippen LogP contribution in [0.3, 0.4) is 0 Å². The largest absolute Gasteiger partial charge is 0.332 e. The van der Waals surface area contributed by atoms with E-state index in [1.54, 1.807) is 0 Å². The topological polar surface area (TPSA) is 32.3 Å². The highest BCUT2D eigenvalue weighted by atomic mass is 16.1. The summed E-state index contributed by atoms with van der Waals surface area (Å²) in [5.74, 6) is 23.4. The Morgan fingerprint density at radius 2 is 1.50 bits per heavy atom. The first-order chi connectivity index (χ1) is 10.8. The maximum atomic E-state index is 10.5. The first-order valence-electron chi connectivity index (χ1n) is 6.97. The Bertz CT molecular complexity index is 713. The molecule has 1 saturated heterocycles. The standard InChI is InChI=1S/C19H16N2O/c1-19(22)20-15-11-8-6-4-2-3-5-7-9-12-16-21-17-13-10-14-18-21/h11,15H,10,13-14,17-18H2,1H3,(H,20,22). The van der Waals surface area contributed by atoms with Gasteiger partial charge in [0, 0.05) is 62.0 Å². The third-order valence-corrected chi connectivity index (χ3v) is 2.53. The number of likely N-dealkylation sites (tertiary alicyclic amines) is 1. The number of piperidine rings is 1. The summed E-state index contributed by atoms with van der Waals surface area (Å²) >= 11 is 0. The van der Waals surface area contributed by atoms with E-state index in [1.165, 1.54) is 38.5 Å². The second-order valence-electron chi connectivity index (χ2n) is 4.34. The van der Waals surface area contributed by atoms with Crippen LogP contribution in [0.4, 0.5) is 0 Å². The summed E-state index contributed by atoms with van der Waals surface area (Å²) in [6, 6.07) is 3.01. The molecule has 0 aliphatic carbocycles. The number of nitrogens with one attached hydrogen (secondary N) is 1. The predicted molar refractivity (Wildman–Crippen MR) is 87.3 cm³/mol. The fourth-order valence-electron chi connectivity index (χ4n) is 1.58. The molecule has 22 heavy (non-hydrogen) atoms. The molecule has 1 aliphatic heterocycles. The van der Waals surface area contributed by atoms with Gasteiger partial charge in [0.25, 0.3) is 0 Å². The monoisotopic (exact) mass is 288 g/mol. The van der Waals surface area contributed by atoms with Crippen molar-refractivity contribution in [3.63, 3.8) is 0 Å². The lowest BCUT2D eigenvalue weighted by molar-refractivity contribution is -0.118. The van der Waals surface area contributed by atoms with Crippen molar-refractivity contribution in [2.45, 2.75) is 26.2 Å². The number of amides is 1. The van der Waals surface area contributed by atoms with Crippen LogP contribution >= 0.6 is 0 Å². The molecule has 1 heterocycles. The predicted octanol–water partition coefficient (Wildman–Crippen LogP) is 1.10. The average Bonchev–Trinajstić information content (AvgIpc) is 2.52. The van der Waals surface area contributed by atoms with Gasteiger partial charge in [-0.05, 0) is 42.9 Å². The van der Waals surface area contributed by atoms with Gasteiger partial charge >= 0.3 is 0 Å². The van der Waals surface area contributed by atoms with E-state index in [9.17, 15) is 4.79 Å². The lowest BCUT2D eigenvalue weighted by atomic mass is 10.1. The quantitative estimate of drug-likeness (QED) is 0.733. The molecule has 0 aromatic heterocycles. The van der Waals surface area contributed by atoms with Crippen LogP contribution in [-0.2, 0) is 4.79 Å². The van der Waals surface area contributed by atoms with Gasteiger partial charge in [0.1, 0.15) is 0 Å². The second kappa shape index (κ2) is 11.6. The zero-order chi connectivity index (χ0) is 15.9. The molecule has 0 saturated carbocycles.